The number of carboxylic acids is 1. The number of carboxylic acid groups (broad SMARTS) is 1. The Hall–Kier alpha value is -3.17. The van der Waals surface area contributed by atoms with Gasteiger partial charge in [-0.2, -0.15) is 13.2 Å². The monoisotopic (exact) mass is 354 g/mol. The lowest BCUT2D eigenvalue weighted by Gasteiger charge is -2.09. The molecule has 0 radical (unpaired) electrons. The van der Waals surface area contributed by atoms with E-state index in [0.717, 1.165) is 0 Å². The molecular formula is C15H13F3N4O3. The average Bonchev–Trinajstić information content (AvgIpc) is 2.96. The smallest absolute Gasteiger partial charge is 0.405 e. The quantitative estimate of drug-likeness (QED) is 0.859. The lowest BCUT2D eigenvalue weighted by molar-refractivity contribution is -0.123. The van der Waals surface area contributed by atoms with Gasteiger partial charge in [0.1, 0.15) is 12.2 Å². The van der Waals surface area contributed by atoms with Crippen molar-refractivity contribution in [1.29, 1.82) is 0 Å². The zero-order valence-corrected chi connectivity index (χ0v) is 12.9. The second kappa shape index (κ2) is 7.16. The van der Waals surface area contributed by atoms with Crippen molar-refractivity contribution in [2.75, 3.05) is 6.54 Å². The third kappa shape index (κ3) is 4.43. The lowest BCUT2D eigenvalue weighted by Crippen LogP contribution is -2.33. The molecule has 0 aliphatic heterocycles. The van der Waals surface area contributed by atoms with Gasteiger partial charge in [-0.25, -0.2) is 9.48 Å². The van der Waals surface area contributed by atoms with Gasteiger partial charge >= 0.3 is 12.1 Å². The molecule has 1 aromatic heterocycles. The van der Waals surface area contributed by atoms with Crippen molar-refractivity contribution >= 4 is 18.0 Å². The first-order valence-corrected chi connectivity index (χ1v) is 7.00. The molecule has 0 bridgehead atoms. The lowest BCUT2D eigenvalue weighted by atomic mass is 10.2. The van der Waals surface area contributed by atoms with Crippen LogP contribution < -0.4 is 5.32 Å². The molecule has 0 unspecified atom stereocenters. The van der Waals surface area contributed by atoms with Gasteiger partial charge in [-0.1, -0.05) is 11.3 Å². The summed E-state index contributed by atoms with van der Waals surface area (Å²) in [6.45, 7) is 0.265. The van der Waals surface area contributed by atoms with E-state index in [1.807, 2.05) is 0 Å². The van der Waals surface area contributed by atoms with Crippen LogP contribution in [0.3, 0.4) is 0 Å². The minimum Gasteiger partial charge on any atom is -0.476 e. The highest BCUT2D eigenvalue weighted by Gasteiger charge is 2.28. The van der Waals surface area contributed by atoms with Gasteiger partial charge in [0, 0.05) is 5.56 Å². The zero-order chi connectivity index (χ0) is 18.6. The van der Waals surface area contributed by atoms with Crippen LogP contribution in [0.25, 0.3) is 11.8 Å². The van der Waals surface area contributed by atoms with Crippen molar-refractivity contribution < 1.29 is 27.9 Å². The fourth-order valence-electron chi connectivity index (χ4n) is 1.98. The van der Waals surface area contributed by atoms with E-state index in [0.29, 0.717) is 5.69 Å². The Kier molecular flexibility index (Phi) is 5.20. The van der Waals surface area contributed by atoms with Gasteiger partial charge < -0.3 is 10.4 Å². The van der Waals surface area contributed by atoms with Gasteiger partial charge in [-0.15, -0.1) is 5.10 Å². The summed E-state index contributed by atoms with van der Waals surface area (Å²) in [5.41, 5.74) is 0.411. The minimum atomic E-state index is -4.50. The number of aromatic carboxylic acids is 1. The Morgan fingerprint density at radius 2 is 1.92 bits per heavy atom. The van der Waals surface area contributed by atoms with Gasteiger partial charge in [-0.3, -0.25) is 4.79 Å². The molecule has 1 heterocycles. The number of carbonyl (C=O) groups excluding carboxylic acids is 1. The molecule has 1 amide bonds. The molecule has 1 aromatic carbocycles. The van der Waals surface area contributed by atoms with Crippen LogP contribution >= 0.6 is 0 Å². The molecule has 2 aromatic rings. The molecule has 7 nitrogen and oxygen atoms in total. The van der Waals surface area contributed by atoms with Crippen molar-refractivity contribution in [3.8, 4) is 5.69 Å². The van der Waals surface area contributed by atoms with Gasteiger partial charge in [0.25, 0.3) is 5.91 Å². The molecule has 0 saturated carbocycles. The summed E-state index contributed by atoms with van der Waals surface area (Å²) in [5.74, 6) is -2.12. The number of hydrogen-bond acceptors (Lipinski definition) is 4. The number of aromatic nitrogens is 3. The third-order valence-corrected chi connectivity index (χ3v) is 3.06. The van der Waals surface area contributed by atoms with Crippen molar-refractivity contribution in [2.24, 2.45) is 0 Å². The second-order valence-corrected chi connectivity index (χ2v) is 4.88. The van der Waals surface area contributed by atoms with Crippen LogP contribution in [0.15, 0.2) is 30.3 Å². The van der Waals surface area contributed by atoms with Crippen LogP contribution in [0.1, 0.15) is 33.5 Å². The van der Waals surface area contributed by atoms with Crippen LogP contribution in [0.5, 0.6) is 0 Å². The highest BCUT2D eigenvalue weighted by molar-refractivity contribution is 5.94. The summed E-state index contributed by atoms with van der Waals surface area (Å²) in [4.78, 5) is 22.8. The number of rotatable bonds is 5. The molecule has 0 fully saturated rings. The van der Waals surface area contributed by atoms with Crippen molar-refractivity contribution in [1.82, 2.24) is 20.3 Å². The number of benzene rings is 1. The summed E-state index contributed by atoms with van der Waals surface area (Å²) in [5, 5.41) is 18.2. The van der Waals surface area contributed by atoms with Gasteiger partial charge in [0.2, 0.25) is 0 Å². The van der Waals surface area contributed by atoms with Crippen LogP contribution in [-0.2, 0) is 0 Å². The van der Waals surface area contributed by atoms with E-state index in [1.54, 1.807) is 18.3 Å². The minimum absolute atomic E-state index is 0.0270. The third-order valence-electron chi connectivity index (χ3n) is 3.06. The molecule has 0 aliphatic rings. The first-order chi connectivity index (χ1) is 11.7. The fraction of sp³-hybridized carbons (Fsp3) is 0.200. The Balaban J connectivity index is 2.26. The molecule has 0 saturated heterocycles. The highest BCUT2D eigenvalue weighted by atomic mass is 19.4. The first kappa shape index (κ1) is 18.2. The standard InChI is InChI=1S/C15H13F3N4O3/c1-2-3-11-12(14(24)25)20-21-22(11)10-6-4-9(5-7-10)13(23)19-8-15(16,17)18/h2-7H,8H2,1H3,(H,19,23)(H,24,25)/b3-2+. The summed E-state index contributed by atoms with van der Waals surface area (Å²) in [6.07, 6.45) is -1.38. The topological polar surface area (TPSA) is 97.1 Å². The molecule has 0 spiro atoms. The predicted octanol–water partition coefficient (Wildman–Crippen LogP) is 2.29. The predicted molar refractivity (Wildman–Crippen MR) is 81.4 cm³/mol. The largest absolute Gasteiger partial charge is 0.476 e. The van der Waals surface area contributed by atoms with Crippen molar-refractivity contribution in [3.05, 3.63) is 47.3 Å². The van der Waals surface area contributed by atoms with E-state index in [1.165, 1.54) is 35.0 Å². The fourth-order valence-corrected chi connectivity index (χ4v) is 1.98. The molecule has 2 rings (SSSR count). The summed E-state index contributed by atoms with van der Waals surface area (Å²) in [7, 11) is 0. The van der Waals surface area contributed by atoms with E-state index in [4.69, 9.17) is 5.11 Å². The first-order valence-electron chi connectivity index (χ1n) is 7.00. The van der Waals surface area contributed by atoms with Crippen LogP contribution in [0, 0.1) is 0 Å². The Labute approximate surface area is 139 Å². The van der Waals surface area contributed by atoms with Crippen LogP contribution in [0.4, 0.5) is 13.2 Å². The number of nitrogens with zero attached hydrogens (tertiary/aromatic N) is 3. The maximum Gasteiger partial charge on any atom is 0.405 e. The number of allylic oxidation sites excluding steroid dienone is 1. The normalized spacial score (nSPS) is 11.7. The molecule has 0 aliphatic carbocycles. The number of nitrogens with one attached hydrogen (secondary N) is 1. The SMILES string of the molecule is C/C=C/c1c(C(=O)O)nnn1-c1ccc(C(=O)NCC(F)(F)F)cc1. The average molecular weight is 354 g/mol. The van der Waals surface area contributed by atoms with Crippen molar-refractivity contribution in [2.45, 2.75) is 13.1 Å². The number of alkyl halides is 3. The highest BCUT2D eigenvalue weighted by Crippen LogP contribution is 2.16. The summed E-state index contributed by atoms with van der Waals surface area (Å²) < 4.78 is 37.6. The maximum absolute atomic E-state index is 12.1. The van der Waals surface area contributed by atoms with E-state index < -0.39 is 24.6 Å². The number of hydrogen-bond donors (Lipinski definition) is 2. The zero-order valence-electron chi connectivity index (χ0n) is 12.9. The van der Waals surface area contributed by atoms with E-state index in [2.05, 4.69) is 10.3 Å². The second-order valence-electron chi connectivity index (χ2n) is 4.88. The molecule has 2 N–H and O–H groups in total. The Morgan fingerprint density at radius 1 is 1.28 bits per heavy atom. The van der Waals surface area contributed by atoms with Crippen LogP contribution in [-0.4, -0.2) is 44.7 Å². The Morgan fingerprint density at radius 3 is 2.44 bits per heavy atom. The van der Waals surface area contributed by atoms with E-state index >= 15 is 0 Å². The van der Waals surface area contributed by atoms with Crippen LogP contribution in [0.2, 0.25) is 0 Å². The van der Waals surface area contributed by atoms with E-state index in [-0.39, 0.29) is 17.0 Å². The molecule has 25 heavy (non-hydrogen) atoms. The molecule has 10 heteroatoms. The Bertz CT molecular complexity index is 810. The molecule has 0 atom stereocenters. The van der Waals surface area contributed by atoms with Crippen molar-refractivity contribution in [3.63, 3.8) is 0 Å². The molecule has 132 valence electrons. The number of halogens is 3. The maximum atomic E-state index is 12.1. The summed E-state index contributed by atoms with van der Waals surface area (Å²) >= 11 is 0. The van der Waals surface area contributed by atoms with Gasteiger partial charge in [0.05, 0.1) is 5.69 Å². The molecular weight excluding hydrogens is 341 g/mol. The summed E-state index contributed by atoms with van der Waals surface area (Å²) in [6, 6.07) is 5.47. The van der Waals surface area contributed by atoms with Gasteiger partial charge in [-0.05, 0) is 37.3 Å². The van der Waals surface area contributed by atoms with E-state index in [9.17, 15) is 22.8 Å². The number of carbonyl (C=O) groups is 2. The number of amides is 1. The van der Waals surface area contributed by atoms with Gasteiger partial charge in [0.15, 0.2) is 5.69 Å².